The monoisotopic (exact) mass is 220 g/mol. The quantitative estimate of drug-likeness (QED) is 0.685. The molecule has 0 aliphatic heterocycles. The number of alkyl halides is 1. The van der Waals surface area contributed by atoms with E-state index in [1.54, 1.807) is 24.6 Å². The first-order valence-electron chi connectivity index (χ1n) is 4.08. The molecule has 1 aromatic heterocycles. The molecule has 0 unspecified atom stereocenters. The number of halogens is 1. The first-order valence-corrected chi connectivity index (χ1v) is 5.49. The molecule has 1 aromatic rings. The fourth-order valence-electron chi connectivity index (χ4n) is 0.979. The Kier molecular flexibility index (Phi) is 5.12. The third-order valence-electron chi connectivity index (χ3n) is 1.61. The Morgan fingerprint density at radius 2 is 2.46 bits per heavy atom. The molecule has 13 heavy (non-hydrogen) atoms. The number of hydrogen-bond acceptors (Lipinski definition) is 4. The average Bonchev–Trinajstić information content (AvgIpc) is 2.65. The molecule has 0 aliphatic carbocycles. The minimum Gasteiger partial charge on any atom is -0.383 e. The van der Waals surface area contributed by atoms with Gasteiger partial charge in [0.15, 0.2) is 5.13 Å². The molecule has 0 saturated heterocycles. The number of ether oxygens (including phenoxy) is 1. The normalized spacial score (nSPS) is 10.3. The van der Waals surface area contributed by atoms with Crippen molar-refractivity contribution in [3.05, 3.63) is 11.6 Å². The highest BCUT2D eigenvalue weighted by molar-refractivity contribution is 7.13. The minimum absolute atomic E-state index is 0.614. The van der Waals surface area contributed by atoms with E-state index in [9.17, 15) is 0 Å². The molecule has 0 N–H and O–H groups in total. The van der Waals surface area contributed by atoms with Crippen LogP contribution < -0.4 is 4.90 Å². The van der Waals surface area contributed by atoms with E-state index in [1.807, 2.05) is 5.38 Å². The molecule has 0 aliphatic rings. The van der Waals surface area contributed by atoms with Crippen LogP contribution >= 0.6 is 22.9 Å². The number of nitrogens with zero attached hydrogens (tertiary/aromatic N) is 2. The largest absolute Gasteiger partial charge is 0.383 e. The highest BCUT2D eigenvalue weighted by Gasteiger charge is 2.06. The van der Waals surface area contributed by atoms with Gasteiger partial charge in [0, 0.05) is 37.7 Å². The zero-order valence-corrected chi connectivity index (χ0v) is 9.14. The first kappa shape index (κ1) is 10.8. The number of hydrogen-bond donors (Lipinski definition) is 0. The molecule has 0 saturated carbocycles. The summed E-state index contributed by atoms with van der Waals surface area (Å²) >= 11 is 7.31. The molecule has 0 bridgehead atoms. The van der Waals surface area contributed by atoms with Crippen LogP contribution in [0.25, 0.3) is 0 Å². The van der Waals surface area contributed by atoms with Crippen molar-refractivity contribution in [2.45, 2.75) is 0 Å². The molecular weight excluding hydrogens is 208 g/mol. The van der Waals surface area contributed by atoms with E-state index in [2.05, 4.69) is 9.88 Å². The summed E-state index contributed by atoms with van der Waals surface area (Å²) < 4.78 is 5.01. The topological polar surface area (TPSA) is 25.4 Å². The predicted octanol–water partition coefficient (Wildman–Crippen LogP) is 1.83. The summed E-state index contributed by atoms with van der Waals surface area (Å²) in [6, 6.07) is 0. The maximum Gasteiger partial charge on any atom is 0.185 e. The van der Waals surface area contributed by atoms with Crippen LogP contribution in [0.1, 0.15) is 0 Å². The third-order valence-corrected chi connectivity index (χ3v) is 2.61. The Hall–Kier alpha value is -0.320. The lowest BCUT2D eigenvalue weighted by Gasteiger charge is -2.19. The van der Waals surface area contributed by atoms with Gasteiger partial charge in [0.25, 0.3) is 0 Å². The van der Waals surface area contributed by atoms with E-state index < -0.39 is 0 Å². The lowest BCUT2D eigenvalue weighted by molar-refractivity contribution is 0.205. The molecule has 1 heterocycles. The second-order valence-electron chi connectivity index (χ2n) is 2.48. The molecule has 0 aromatic carbocycles. The van der Waals surface area contributed by atoms with E-state index in [1.165, 1.54) is 0 Å². The molecule has 0 atom stereocenters. The van der Waals surface area contributed by atoms with Gasteiger partial charge in [0.1, 0.15) is 0 Å². The number of aromatic nitrogens is 1. The van der Waals surface area contributed by atoms with Gasteiger partial charge in [-0.1, -0.05) is 0 Å². The second kappa shape index (κ2) is 6.18. The first-order chi connectivity index (χ1) is 6.38. The maximum absolute atomic E-state index is 5.69. The van der Waals surface area contributed by atoms with Gasteiger partial charge >= 0.3 is 0 Å². The molecule has 74 valence electrons. The molecule has 0 radical (unpaired) electrons. The zero-order valence-electron chi connectivity index (χ0n) is 7.57. The van der Waals surface area contributed by atoms with Gasteiger partial charge in [0.2, 0.25) is 0 Å². The van der Waals surface area contributed by atoms with Gasteiger partial charge in [-0.05, 0) is 0 Å². The van der Waals surface area contributed by atoms with Gasteiger partial charge in [-0.25, -0.2) is 4.98 Å². The van der Waals surface area contributed by atoms with Gasteiger partial charge in [-0.3, -0.25) is 0 Å². The molecule has 0 spiro atoms. The van der Waals surface area contributed by atoms with E-state index in [-0.39, 0.29) is 0 Å². The van der Waals surface area contributed by atoms with Gasteiger partial charge < -0.3 is 9.64 Å². The Balaban J connectivity index is 2.47. The lowest BCUT2D eigenvalue weighted by atomic mass is 10.5. The summed E-state index contributed by atoms with van der Waals surface area (Å²) in [5, 5.41) is 2.97. The summed E-state index contributed by atoms with van der Waals surface area (Å²) in [5.74, 6) is 0.614. The Bertz CT molecular complexity index is 218. The van der Waals surface area contributed by atoms with Crippen LogP contribution in [0.3, 0.4) is 0 Å². The van der Waals surface area contributed by atoms with Crippen LogP contribution in [0, 0.1) is 0 Å². The minimum atomic E-state index is 0.614. The van der Waals surface area contributed by atoms with Crippen LogP contribution in [0.15, 0.2) is 11.6 Å². The molecule has 0 amide bonds. The van der Waals surface area contributed by atoms with Crippen molar-refractivity contribution in [3.63, 3.8) is 0 Å². The fourth-order valence-corrected chi connectivity index (χ4v) is 1.88. The Labute approximate surface area is 87.3 Å². The SMILES string of the molecule is COCCN(CCCl)c1nccs1. The summed E-state index contributed by atoms with van der Waals surface area (Å²) in [6.07, 6.45) is 1.80. The summed E-state index contributed by atoms with van der Waals surface area (Å²) in [5.41, 5.74) is 0. The van der Waals surface area contributed by atoms with Gasteiger partial charge in [-0.2, -0.15) is 0 Å². The maximum atomic E-state index is 5.69. The lowest BCUT2D eigenvalue weighted by Crippen LogP contribution is -2.28. The predicted molar refractivity (Wildman–Crippen MR) is 56.9 cm³/mol. The number of anilines is 1. The van der Waals surface area contributed by atoms with Crippen LogP contribution in [0.4, 0.5) is 5.13 Å². The molecule has 5 heteroatoms. The number of rotatable bonds is 6. The van der Waals surface area contributed by atoms with E-state index >= 15 is 0 Å². The van der Waals surface area contributed by atoms with Crippen LogP contribution in [-0.4, -0.2) is 37.7 Å². The molecular formula is C8H13ClN2OS. The number of thiazole rings is 1. The summed E-state index contributed by atoms with van der Waals surface area (Å²) in [7, 11) is 1.70. The van der Waals surface area contributed by atoms with Crippen molar-refractivity contribution in [3.8, 4) is 0 Å². The smallest absolute Gasteiger partial charge is 0.185 e. The highest BCUT2D eigenvalue weighted by atomic mass is 35.5. The molecule has 1 rings (SSSR count). The zero-order chi connectivity index (χ0) is 9.52. The standard InChI is InChI=1S/C8H13ClN2OS/c1-12-6-5-11(4-2-9)8-10-3-7-13-8/h3,7H,2,4-6H2,1H3. The van der Waals surface area contributed by atoms with Crippen molar-refractivity contribution >= 4 is 28.1 Å². The fraction of sp³-hybridized carbons (Fsp3) is 0.625. The second-order valence-corrected chi connectivity index (χ2v) is 3.73. The van der Waals surface area contributed by atoms with Crippen molar-refractivity contribution in [1.29, 1.82) is 0 Å². The summed E-state index contributed by atoms with van der Waals surface area (Å²) in [4.78, 5) is 6.34. The van der Waals surface area contributed by atoms with Crippen molar-refractivity contribution in [2.75, 3.05) is 37.6 Å². The average molecular weight is 221 g/mol. The van der Waals surface area contributed by atoms with Crippen molar-refractivity contribution < 1.29 is 4.74 Å². The third kappa shape index (κ3) is 3.50. The van der Waals surface area contributed by atoms with E-state index in [4.69, 9.17) is 16.3 Å². The Morgan fingerprint density at radius 1 is 1.62 bits per heavy atom. The van der Waals surface area contributed by atoms with Crippen molar-refractivity contribution in [2.24, 2.45) is 0 Å². The Morgan fingerprint density at radius 3 is 3.00 bits per heavy atom. The van der Waals surface area contributed by atoms with Gasteiger partial charge in [-0.15, -0.1) is 22.9 Å². The van der Waals surface area contributed by atoms with E-state index in [0.29, 0.717) is 12.5 Å². The van der Waals surface area contributed by atoms with E-state index in [0.717, 1.165) is 18.2 Å². The van der Waals surface area contributed by atoms with Crippen LogP contribution in [0.5, 0.6) is 0 Å². The molecule has 3 nitrogen and oxygen atoms in total. The molecule has 0 fully saturated rings. The van der Waals surface area contributed by atoms with Crippen molar-refractivity contribution in [1.82, 2.24) is 4.98 Å². The summed E-state index contributed by atoms with van der Waals surface area (Å²) in [6.45, 7) is 2.37. The van der Waals surface area contributed by atoms with Crippen LogP contribution in [-0.2, 0) is 4.74 Å². The van der Waals surface area contributed by atoms with Crippen LogP contribution in [0.2, 0.25) is 0 Å². The number of methoxy groups -OCH3 is 1. The van der Waals surface area contributed by atoms with Gasteiger partial charge in [0.05, 0.1) is 6.61 Å². The highest BCUT2D eigenvalue weighted by Crippen LogP contribution is 2.16.